The topological polar surface area (TPSA) is 67.2 Å². The molecule has 3 amide bonds. The van der Waals surface area contributed by atoms with Crippen molar-refractivity contribution in [2.45, 2.75) is 45.7 Å². The molecule has 1 N–H and O–H groups in total. The molecule has 6 heteroatoms. The predicted molar refractivity (Wildman–Crippen MR) is 121 cm³/mol. The molecular weight excluding hydrogens is 388 g/mol. The van der Waals surface area contributed by atoms with Gasteiger partial charge in [-0.05, 0) is 37.8 Å². The first kappa shape index (κ1) is 20.8. The fourth-order valence-electron chi connectivity index (χ4n) is 3.89. The molecule has 6 nitrogen and oxygen atoms in total. The highest BCUT2D eigenvalue weighted by molar-refractivity contribution is 6.06. The minimum absolute atomic E-state index is 0.176. The van der Waals surface area contributed by atoms with Crippen LogP contribution in [-0.2, 0) is 11.3 Å². The number of carbonyl (C=O) groups is 2. The van der Waals surface area contributed by atoms with Gasteiger partial charge in [0, 0.05) is 17.3 Å². The molecule has 31 heavy (non-hydrogen) atoms. The van der Waals surface area contributed by atoms with Gasteiger partial charge in [-0.2, -0.15) is 5.10 Å². The predicted octanol–water partition coefficient (Wildman–Crippen LogP) is 4.79. The summed E-state index contributed by atoms with van der Waals surface area (Å²) in [5.41, 5.74) is 2.60. The third kappa shape index (κ3) is 4.24. The number of imide groups is 1. The third-order valence-corrected chi connectivity index (χ3v) is 5.75. The number of hydrogen-bond acceptors (Lipinski definition) is 3. The van der Waals surface area contributed by atoms with Gasteiger partial charge in [0.05, 0.1) is 17.9 Å². The van der Waals surface area contributed by atoms with E-state index in [9.17, 15) is 9.59 Å². The maximum Gasteiger partial charge on any atom is 0.325 e. The van der Waals surface area contributed by atoms with Crippen molar-refractivity contribution < 1.29 is 9.59 Å². The lowest BCUT2D eigenvalue weighted by Crippen LogP contribution is -2.44. The van der Waals surface area contributed by atoms with Gasteiger partial charge in [-0.25, -0.2) is 9.48 Å². The molecule has 0 radical (unpaired) electrons. The number of rotatable bonds is 7. The maximum atomic E-state index is 13.2. The Balaban J connectivity index is 1.67. The van der Waals surface area contributed by atoms with Crippen molar-refractivity contribution in [2.24, 2.45) is 5.92 Å². The molecule has 160 valence electrons. The Labute approximate surface area is 182 Å². The SMILES string of the molecule is CC(C)CC[C@@]1(C)NC(=O)N(Cc2cn(-c3ccccc3)nc2-c2ccccc2)C1=O. The van der Waals surface area contributed by atoms with Crippen LogP contribution in [0.4, 0.5) is 4.79 Å². The summed E-state index contributed by atoms with van der Waals surface area (Å²) in [6.07, 6.45) is 3.40. The van der Waals surface area contributed by atoms with Crippen molar-refractivity contribution >= 4 is 11.9 Å². The Morgan fingerprint density at radius 3 is 2.29 bits per heavy atom. The Bertz CT molecular complexity index is 1080. The van der Waals surface area contributed by atoms with Gasteiger partial charge in [-0.3, -0.25) is 9.69 Å². The standard InChI is InChI=1S/C25H28N4O2/c1-18(2)14-15-25(3)23(30)28(24(31)26-25)16-20-17-29(21-12-8-5-9-13-21)27-22(20)19-10-6-4-7-11-19/h4-13,17-18H,14-16H2,1-3H3,(H,26,31)/t25-/m1/s1. The Hall–Kier alpha value is -3.41. The molecule has 3 aromatic rings. The van der Waals surface area contributed by atoms with E-state index in [1.807, 2.05) is 73.8 Å². The molecule has 1 atom stereocenters. The molecule has 1 fully saturated rings. The number of aromatic nitrogens is 2. The van der Waals surface area contributed by atoms with Crippen molar-refractivity contribution in [3.8, 4) is 16.9 Å². The average Bonchev–Trinajstić information content (AvgIpc) is 3.29. The van der Waals surface area contributed by atoms with E-state index in [2.05, 4.69) is 19.2 Å². The lowest BCUT2D eigenvalue weighted by atomic mass is 9.92. The molecule has 1 aromatic heterocycles. The molecular formula is C25H28N4O2. The van der Waals surface area contributed by atoms with Crippen LogP contribution in [0.25, 0.3) is 16.9 Å². The largest absolute Gasteiger partial charge is 0.325 e. The van der Waals surface area contributed by atoms with Crippen molar-refractivity contribution in [3.63, 3.8) is 0 Å². The molecule has 1 aliphatic rings. The third-order valence-electron chi connectivity index (χ3n) is 5.75. The number of nitrogens with zero attached hydrogens (tertiary/aromatic N) is 3. The summed E-state index contributed by atoms with van der Waals surface area (Å²) in [4.78, 5) is 27.3. The van der Waals surface area contributed by atoms with E-state index in [4.69, 9.17) is 5.10 Å². The number of para-hydroxylation sites is 1. The number of urea groups is 1. The molecule has 2 aromatic carbocycles. The van der Waals surface area contributed by atoms with Crippen LogP contribution in [-0.4, -0.2) is 32.2 Å². The van der Waals surface area contributed by atoms with Crippen LogP contribution in [0.3, 0.4) is 0 Å². The zero-order valence-corrected chi connectivity index (χ0v) is 18.2. The van der Waals surface area contributed by atoms with Gasteiger partial charge < -0.3 is 5.32 Å². The molecule has 4 rings (SSSR count). The fourth-order valence-corrected chi connectivity index (χ4v) is 3.89. The van der Waals surface area contributed by atoms with E-state index >= 15 is 0 Å². The van der Waals surface area contributed by atoms with Crippen LogP contribution < -0.4 is 5.32 Å². The van der Waals surface area contributed by atoms with Gasteiger partial charge in [0.2, 0.25) is 0 Å². The Morgan fingerprint density at radius 2 is 1.65 bits per heavy atom. The number of amides is 3. The van der Waals surface area contributed by atoms with E-state index in [-0.39, 0.29) is 18.5 Å². The van der Waals surface area contributed by atoms with Crippen LogP contribution >= 0.6 is 0 Å². The molecule has 1 aliphatic heterocycles. The zero-order valence-electron chi connectivity index (χ0n) is 18.2. The monoisotopic (exact) mass is 416 g/mol. The second-order valence-electron chi connectivity index (χ2n) is 8.74. The van der Waals surface area contributed by atoms with E-state index in [1.165, 1.54) is 4.90 Å². The highest BCUT2D eigenvalue weighted by atomic mass is 16.2. The van der Waals surface area contributed by atoms with E-state index in [0.29, 0.717) is 12.3 Å². The number of carbonyl (C=O) groups excluding carboxylic acids is 2. The molecule has 0 spiro atoms. The summed E-state index contributed by atoms with van der Waals surface area (Å²) in [6.45, 7) is 6.24. The molecule has 0 unspecified atom stereocenters. The lowest BCUT2D eigenvalue weighted by Gasteiger charge is -2.22. The summed E-state index contributed by atoms with van der Waals surface area (Å²) in [6, 6.07) is 19.3. The second-order valence-corrected chi connectivity index (χ2v) is 8.74. The van der Waals surface area contributed by atoms with Gasteiger partial charge in [-0.1, -0.05) is 62.4 Å². The molecule has 2 heterocycles. The first-order valence-corrected chi connectivity index (χ1v) is 10.7. The van der Waals surface area contributed by atoms with Crippen LogP contribution in [0.2, 0.25) is 0 Å². The summed E-state index contributed by atoms with van der Waals surface area (Å²) in [7, 11) is 0. The summed E-state index contributed by atoms with van der Waals surface area (Å²) >= 11 is 0. The maximum absolute atomic E-state index is 13.2. The van der Waals surface area contributed by atoms with E-state index in [0.717, 1.165) is 28.9 Å². The minimum Gasteiger partial charge on any atom is -0.323 e. The fraction of sp³-hybridized carbons (Fsp3) is 0.320. The van der Waals surface area contributed by atoms with E-state index in [1.54, 1.807) is 4.68 Å². The van der Waals surface area contributed by atoms with Crippen LogP contribution in [0, 0.1) is 5.92 Å². The Kier molecular flexibility index (Phi) is 5.63. The first-order valence-electron chi connectivity index (χ1n) is 10.7. The molecule has 0 saturated carbocycles. The number of hydrogen-bond donors (Lipinski definition) is 1. The van der Waals surface area contributed by atoms with Crippen molar-refractivity contribution in [1.29, 1.82) is 0 Å². The van der Waals surface area contributed by atoms with Gasteiger partial charge in [0.1, 0.15) is 5.54 Å². The first-order chi connectivity index (χ1) is 14.9. The lowest BCUT2D eigenvalue weighted by molar-refractivity contribution is -0.131. The number of nitrogens with one attached hydrogen (secondary N) is 1. The molecule has 1 saturated heterocycles. The van der Waals surface area contributed by atoms with Crippen LogP contribution in [0.15, 0.2) is 66.9 Å². The number of benzene rings is 2. The van der Waals surface area contributed by atoms with Gasteiger partial charge in [-0.15, -0.1) is 0 Å². The van der Waals surface area contributed by atoms with Gasteiger partial charge >= 0.3 is 6.03 Å². The van der Waals surface area contributed by atoms with Crippen molar-refractivity contribution in [1.82, 2.24) is 20.0 Å². The summed E-state index contributed by atoms with van der Waals surface area (Å²) < 4.78 is 1.80. The van der Waals surface area contributed by atoms with E-state index < -0.39 is 5.54 Å². The quantitative estimate of drug-likeness (QED) is 0.563. The van der Waals surface area contributed by atoms with Crippen molar-refractivity contribution in [3.05, 3.63) is 72.4 Å². The Morgan fingerprint density at radius 1 is 1.00 bits per heavy atom. The molecule has 0 aliphatic carbocycles. The molecule has 0 bridgehead atoms. The highest BCUT2D eigenvalue weighted by Gasteiger charge is 2.47. The highest BCUT2D eigenvalue weighted by Crippen LogP contribution is 2.29. The second kappa shape index (κ2) is 8.38. The summed E-state index contributed by atoms with van der Waals surface area (Å²) in [5.74, 6) is 0.286. The van der Waals surface area contributed by atoms with Gasteiger partial charge in [0.25, 0.3) is 5.91 Å². The van der Waals surface area contributed by atoms with Gasteiger partial charge in [0.15, 0.2) is 0 Å². The summed E-state index contributed by atoms with van der Waals surface area (Å²) in [5, 5.41) is 7.70. The smallest absolute Gasteiger partial charge is 0.323 e. The normalized spacial score (nSPS) is 18.6. The van der Waals surface area contributed by atoms with Crippen molar-refractivity contribution in [2.75, 3.05) is 0 Å². The average molecular weight is 417 g/mol. The van der Waals surface area contributed by atoms with Crippen LogP contribution in [0.5, 0.6) is 0 Å². The zero-order chi connectivity index (χ0) is 22.0. The minimum atomic E-state index is -0.857. The van der Waals surface area contributed by atoms with Crippen LogP contribution in [0.1, 0.15) is 39.2 Å².